The largest absolute Gasteiger partial charge is 0.348 e. The molecule has 1 fully saturated rings. The molecule has 0 bridgehead atoms. The quantitative estimate of drug-likeness (QED) is 0.836. The maximum Gasteiger partial charge on any atom is 0.313 e. The lowest BCUT2D eigenvalue weighted by atomic mass is 9.97. The average molecular weight is 303 g/mol. The number of benzene rings is 1. The number of carbonyl (C=O) groups excluding carboxylic acids is 2. The summed E-state index contributed by atoms with van der Waals surface area (Å²) in [6, 6.07) is 5.76. The molecule has 0 aromatic heterocycles. The maximum absolute atomic E-state index is 12.0. The third kappa shape index (κ3) is 4.31. The second-order valence-electron chi connectivity index (χ2n) is 6.18. The first kappa shape index (κ1) is 16.5. The number of para-hydroxylation sites is 1. The highest BCUT2D eigenvalue weighted by Crippen LogP contribution is 2.19. The predicted octanol–water partition coefficient (Wildman–Crippen LogP) is 1.70. The molecule has 2 amide bonds. The zero-order chi connectivity index (χ0) is 16.1. The van der Waals surface area contributed by atoms with Gasteiger partial charge in [0.05, 0.1) is 0 Å². The average Bonchev–Trinajstić information content (AvgIpc) is 2.50. The molecule has 0 radical (unpaired) electrons. The van der Waals surface area contributed by atoms with Gasteiger partial charge in [0.2, 0.25) is 0 Å². The first-order chi connectivity index (χ1) is 10.5. The SMILES string of the molecule is Cc1cccc(C)c1NC(=O)C(=O)NCC1CCN(C)CC1. The minimum atomic E-state index is -0.592. The van der Waals surface area contributed by atoms with Crippen molar-refractivity contribution in [1.29, 1.82) is 0 Å². The fraction of sp³-hybridized carbons (Fsp3) is 0.529. The normalized spacial score (nSPS) is 16.3. The summed E-state index contributed by atoms with van der Waals surface area (Å²) in [5.41, 5.74) is 2.63. The molecule has 2 N–H and O–H groups in total. The molecule has 5 heteroatoms. The predicted molar refractivity (Wildman–Crippen MR) is 87.8 cm³/mol. The van der Waals surface area contributed by atoms with Gasteiger partial charge >= 0.3 is 11.8 Å². The highest BCUT2D eigenvalue weighted by molar-refractivity contribution is 6.39. The summed E-state index contributed by atoms with van der Waals surface area (Å²) in [6.45, 7) is 6.51. The Balaban J connectivity index is 1.83. The molecule has 1 aliphatic heterocycles. The lowest BCUT2D eigenvalue weighted by Crippen LogP contribution is -2.41. The summed E-state index contributed by atoms with van der Waals surface area (Å²) in [5.74, 6) is -0.681. The molecule has 0 saturated carbocycles. The van der Waals surface area contributed by atoms with Crippen molar-refractivity contribution in [2.75, 3.05) is 32.0 Å². The van der Waals surface area contributed by atoms with Gasteiger partial charge in [-0.05, 0) is 63.9 Å². The van der Waals surface area contributed by atoms with Crippen molar-refractivity contribution in [1.82, 2.24) is 10.2 Å². The van der Waals surface area contributed by atoms with Crippen molar-refractivity contribution in [2.45, 2.75) is 26.7 Å². The van der Waals surface area contributed by atoms with Crippen LogP contribution in [0.5, 0.6) is 0 Å². The number of aryl methyl sites for hydroxylation is 2. The summed E-state index contributed by atoms with van der Waals surface area (Å²) in [5, 5.41) is 5.47. The molecule has 0 unspecified atom stereocenters. The van der Waals surface area contributed by atoms with E-state index in [1.54, 1.807) is 0 Å². The van der Waals surface area contributed by atoms with Crippen LogP contribution >= 0.6 is 0 Å². The minimum Gasteiger partial charge on any atom is -0.348 e. The smallest absolute Gasteiger partial charge is 0.313 e. The summed E-state index contributed by atoms with van der Waals surface area (Å²) in [4.78, 5) is 26.2. The molecule has 22 heavy (non-hydrogen) atoms. The number of hydrogen-bond donors (Lipinski definition) is 2. The van der Waals surface area contributed by atoms with E-state index in [-0.39, 0.29) is 0 Å². The van der Waals surface area contributed by atoms with Crippen LogP contribution in [0.1, 0.15) is 24.0 Å². The zero-order valence-electron chi connectivity index (χ0n) is 13.6. The van der Waals surface area contributed by atoms with Crippen LogP contribution in [-0.4, -0.2) is 43.4 Å². The van der Waals surface area contributed by atoms with E-state index in [9.17, 15) is 9.59 Å². The molecule has 0 aliphatic carbocycles. The van der Waals surface area contributed by atoms with Crippen LogP contribution in [-0.2, 0) is 9.59 Å². The fourth-order valence-electron chi connectivity index (χ4n) is 2.77. The molecule has 5 nitrogen and oxygen atoms in total. The molecule has 0 spiro atoms. The molecule has 2 rings (SSSR count). The second kappa shape index (κ2) is 7.40. The molecule has 1 aromatic rings. The van der Waals surface area contributed by atoms with Crippen molar-refractivity contribution >= 4 is 17.5 Å². The van der Waals surface area contributed by atoms with Crippen LogP contribution in [0.3, 0.4) is 0 Å². The maximum atomic E-state index is 12.0. The minimum absolute atomic E-state index is 0.466. The number of rotatable bonds is 3. The second-order valence-corrected chi connectivity index (χ2v) is 6.18. The van der Waals surface area contributed by atoms with Crippen LogP contribution in [0, 0.1) is 19.8 Å². The van der Waals surface area contributed by atoms with Gasteiger partial charge in [-0.3, -0.25) is 9.59 Å². The lowest BCUT2D eigenvalue weighted by molar-refractivity contribution is -0.136. The van der Waals surface area contributed by atoms with Crippen molar-refractivity contribution in [3.63, 3.8) is 0 Å². The van der Waals surface area contributed by atoms with Gasteiger partial charge in [-0.2, -0.15) is 0 Å². The van der Waals surface area contributed by atoms with Gasteiger partial charge < -0.3 is 15.5 Å². The molecule has 1 saturated heterocycles. The first-order valence-corrected chi connectivity index (χ1v) is 7.81. The summed E-state index contributed by atoms with van der Waals surface area (Å²) < 4.78 is 0. The standard InChI is InChI=1S/C17H25N3O2/c1-12-5-4-6-13(2)15(12)19-17(22)16(21)18-11-14-7-9-20(3)10-8-14/h4-6,14H,7-11H2,1-3H3,(H,18,21)(H,19,22). The van der Waals surface area contributed by atoms with Crippen molar-refractivity contribution in [3.8, 4) is 0 Å². The van der Waals surface area contributed by atoms with Crippen LogP contribution in [0.2, 0.25) is 0 Å². The molecule has 1 aromatic carbocycles. The molecule has 1 aliphatic rings. The Bertz CT molecular complexity index is 529. The topological polar surface area (TPSA) is 61.4 Å². The van der Waals surface area contributed by atoms with E-state index >= 15 is 0 Å². The Morgan fingerprint density at radius 2 is 1.73 bits per heavy atom. The zero-order valence-corrected chi connectivity index (χ0v) is 13.6. The van der Waals surface area contributed by atoms with Gasteiger partial charge in [-0.15, -0.1) is 0 Å². The van der Waals surface area contributed by atoms with Gasteiger partial charge in [0.15, 0.2) is 0 Å². The Labute approximate surface area is 132 Å². The van der Waals surface area contributed by atoms with E-state index in [4.69, 9.17) is 0 Å². The van der Waals surface area contributed by atoms with Crippen molar-refractivity contribution in [2.24, 2.45) is 5.92 Å². The number of carbonyl (C=O) groups is 2. The first-order valence-electron chi connectivity index (χ1n) is 7.81. The van der Waals surface area contributed by atoms with E-state index in [1.165, 1.54) is 0 Å². The molecular formula is C17H25N3O2. The van der Waals surface area contributed by atoms with Crippen LogP contribution < -0.4 is 10.6 Å². The van der Waals surface area contributed by atoms with E-state index in [2.05, 4.69) is 22.6 Å². The highest BCUT2D eigenvalue weighted by Gasteiger charge is 2.20. The van der Waals surface area contributed by atoms with Crippen LogP contribution in [0.15, 0.2) is 18.2 Å². The monoisotopic (exact) mass is 303 g/mol. The number of hydrogen-bond acceptors (Lipinski definition) is 3. The van der Waals surface area contributed by atoms with Gasteiger partial charge in [-0.25, -0.2) is 0 Å². The number of nitrogens with zero attached hydrogens (tertiary/aromatic N) is 1. The fourth-order valence-corrected chi connectivity index (χ4v) is 2.77. The van der Waals surface area contributed by atoms with Crippen LogP contribution in [0.4, 0.5) is 5.69 Å². The number of amides is 2. The van der Waals surface area contributed by atoms with Crippen LogP contribution in [0.25, 0.3) is 0 Å². The number of nitrogens with one attached hydrogen (secondary N) is 2. The summed E-state index contributed by atoms with van der Waals surface area (Å²) in [7, 11) is 2.10. The van der Waals surface area contributed by atoms with E-state index in [1.807, 2.05) is 32.0 Å². The Hall–Kier alpha value is -1.88. The Kier molecular flexibility index (Phi) is 5.55. The van der Waals surface area contributed by atoms with Crippen molar-refractivity contribution in [3.05, 3.63) is 29.3 Å². The van der Waals surface area contributed by atoms with E-state index in [0.717, 1.165) is 42.7 Å². The van der Waals surface area contributed by atoms with E-state index < -0.39 is 11.8 Å². The molecule has 0 atom stereocenters. The number of piperidine rings is 1. The lowest BCUT2D eigenvalue weighted by Gasteiger charge is -2.28. The van der Waals surface area contributed by atoms with Crippen molar-refractivity contribution < 1.29 is 9.59 Å². The molecule has 120 valence electrons. The molecular weight excluding hydrogens is 278 g/mol. The Morgan fingerprint density at radius 3 is 2.32 bits per heavy atom. The van der Waals surface area contributed by atoms with Gasteiger partial charge in [-0.1, -0.05) is 18.2 Å². The summed E-state index contributed by atoms with van der Waals surface area (Å²) >= 11 is 0. The Morgan fingerprint density at radius 1 is 1.14 bits per heavy atom. The number of likely N-dealkylation sites (tertiary alicyclic amines) is 1. The van der Waals surface area contributed by atoms with Gasteiger partial charge in [0, 0.05) is 12.2 Å². The molecule has 1 heterocycles. The van der Waals surface area contributed by atoms with E-state index in [0.29, 0.717) is 12.5 Å². The van der Waals surface area contributed by atoms with Gasteiger partial charge in [0.25, 0.3) is 0 Å². The summed E-state index contributed by atoms with van der Waals surface area (Å²) in [6.07, 6.45) is 2.13. The highest BCUT2D eigenvalue weighted by atomic mass is 16.2. The third-order valence-corrected chi connectivity index (χ3v) is 4.32. The van der Waals surface area contributed by atoms with Gasteiger partial charge in [0.1, 0.15) is 0 Å². The number of anilines is 1. The third-order valence-electron chi connectivity index (χ3n) is 4.32.